The highest BCUT2D eigenvalue weighted by atomic mass is 19.4. The summed E-state index contributed by atoms with van der Waals surface area (Å²) in [4.78, 5) is 23.7. The second-order valence-corrected chi connectivity index (χ2v) is 5.43. The van der Waals surface area contributed by atoms with Crippen molar-refractivity contribution in [1.29, 1.82) is 0 Å². The van der Waals surface area contributed by atoms with Crippen LogP contribution in [-0.2, 0) is 0 Å². The molecule has 2 heterocycles. The smallest absolute Gasteiger partial charge is 0.335 e. The fourth-order valence-electron chi connectivity index (χ4n) is 2.58. The predicted molar refractivity (Wildman–Crippen MR) is 77.9 cm³/mol. The zero-order valence-corrected chi connectivity index (χ0v) is 12.3. The Kier molecular flexibility index (Phi) is 4.16. The third kappa shape index (κ3) is 3.76. The van der Waals surface area contributed by atoms with E-state index in [-0.39, 0.29) is 37.8 Å². The molecular formula is C15H15F3N4O. The summed E-state index contributed by atoms with van der Waals surface area (Å²) in [5, 5.41) is 0. The van der Waals surface area contributed by atoms with Gasteiger partial charge in [0, 0.05) is 26.2 Å². The molecule has 1 aliphatic rings. The molecular weight excluding hydrogens is 309 g/mol. The van der Waals surface area contributed by atoms with Gasteiger partial charge in [0.15, 0.2) is 0 Å². The molecule has 8 heteroatoms. The van der Waals surface area contributed by atoms with Crippen LogP contribution >= 0.6 is 0 Å². The van der Waals surface area contributed by atoms with Gasteiger partial charge < -0.3 is 4.90 Å². The molecule has 1 fully saturated rings. The lowest BCUT2D eigenvalue weighted by atomic mass is 10.2. The number of alkyl halides is 3. The molecule has 5 nitrogen and oxygen atoms in total. The second kappa shape index (κ2) is 6.11. The van der Waals surface area contributed by atoms with E-state index in [2.05, 4.69) is 9.97 Å². The fourth-order valence-corrected chi connectivity index (χ4v) is 2.58. The van der Waals surface area contributed by atoms with Crippen LogP contribution in [0, 0.1) is 0 Å². The van der Waals surface area contributed by atoms with E-state index >= 15 is 0 Å². The Morgan fingerprint density at radius 1 is 1.09 bits per heavy atom. The Labute approximate surface area is 130 Å². The molecule has 0 atom stereocenters. The van der Waals surface area contributed by atoms with Crippen LogP contribution in [0.3, 0.4) is 0 Å². The first kappa shape index (κ1) is 15.7. The molecule has 0 saturated carbocycles. The zero-order chi connectivity index (χ0) is 16.4. The van der Waals surface area contributed by atoms with Crippen molar-refractivity contribution in [2.75, 3.05) is 32.7 Å². The van der Waals surface area contributed by atoms with Gasteiger partial charge in [-0.15, -0.1) is 0 Å². The van der Waals surface area contributed by atoms with Gasteiger partial charge in [-0.05, 0) is 12.1 Å². The zero-order valence-electron chi connectivity index (χ0n) is 12.3. The molecule has 0 aliphatic carbocycles. The van der Waals surface area contributed by atoms with E-state index in [0.717, 1.165) is 0 Å². The van der Waals surface area contributed by atoms with Gasteiger partial charge in [0.2, 0.25) is 0 Å². The van der Waals surface area contributed by atoms with Crippen LogP contribution in [0.2, 0.25) is 0 Å². The fraction of sp³-hybridized carbons (Fsp3) is 0.400. The van der Waals surface area contributed by atoms with E-state index in [1.54, 1.807) is 18.2 Å². The highest BCUT2D eigenvalue weighted by Gasteiger charge is 2.33. The minimum absolute atomic E-state index is 0.201. The Morgan fingerprint density at radius 2 is 1.74 bits per heavy atom. The molecule has 3 rings (SSSR count). The topological polar surface area (TPSA) is 49.3 Å². The maximum atomic E-state index is 12.4. The minimum atomic E-state index is -4.21. The van der Waals surface area contributed by atoms with Crippen LogP contribution < -0.4 is 0 Å². The standard InChI is InChI=1S/C15H15F3N4O/c16-15(17,18)10-21-5-7-22(8-6-21)14(23)13-9-19-11-3-1-2-4-12(11)20-13/h1-4,9H,5-8,10H2. The summed E-state index contributed by atoms with van der Waals surface area (Å²) < 4.78 is 37.1. The Balaban J connectivity index is 1.66. The molecule has 1 aromatic heterocycles. The average molecular weight is 324 g/mol. The second-order valence-electron chi connectivity index (χ2n) is 5.43. The molecule has 1 saturated heterocycles. The normalized spacial score (nSPS) is 16.7. The molecule has 1 aromatic carbocycles. The lowest BCUT2D eigenvalue weighted by Gasteiger charge is -2.34. The summed E-state index contributed by atoms with van der Waals surface area (Å²) in [6.45, 7) is -0.0316. The highest BCUT2D eigenvalue weighted by molar-refractivity contribution is 5.93. The number of piperazine rings is 1. The van der Waals surface area contributed by atoms with Crippen molar-refractivity contribution in [3.63, 3.8) is 0 Å². The van der Waals surface area contributed by atoms with Crippen LogP contribution in [0.1, 0.15) is 10.5 Å². The van der Waals surface area contributed by atoms with E-state index in [1.807, 2.05) is 6.07 Å². The molecule has 122 valence electrons. The van der Waals surface area contributed by atoms with E-state index in [1.165, 1.54) is 16.0 Å². The highest BCUT2D eigenvalue weighted by Crippen LogP contribution is 2.18. The largest absolute Gasteiger partial charge is 0.401 e. The molecule has 0 bridgehead atoms. The summed E-state index contributed by atoms with van der Waals surface area (Å²) in [7, 11) is 0. The van der Waals surface area contributed by atoms with Crippen molar-refractivity contribution in [3.05, 3.63) is 36.2 Å². The first-order valence-corrected chi connectivity index (χ1v) is 7.22. The number of nitrogens with zero attached hydrogens (tertiary/aromatic N) is 4. The van der Waals surface area contributed by atoms with Crippen molar-refractivity contribution in [1.82, 2.24) is 19.8 Å². The van der Waals surface area contributed by atoms with Gasteiger partial charge in [0.05, 0.1) is 23.8 Å². The average Bonchev–Trinajstić information content (AvgIpc) is 2.53. The molecule has 0 spiro atoms. The maximum absolute atomic E-state index is 12.4. The molecule has 0 unspecified atom stereocenters. The molecule has 0 radical (unpaired) electrons. The number of rotatable bonds is 2. The van der Waals surface area contributed by atoms with Crippen LogP contribution in [0.15, 0.2) is 30.5 Å². The van der Waals surface area contributed by atoms with Crippen molar-refractivity contribution >= 4 is 16.9 Å². The molecule has 23 heavy (non-hydrogen) atoms. The summed E-state index contributed by atoms with van der Waals surface area (Å²) in [6.07, 6.45) is -2.80. The van der Waals surface area contributed by atoms with Crippen molar-refractivity contribution in [2.24, 2.45) is 0 Å². The monoisotopic (exact) mass is 324 g/mol. The van der Waals surface area contributed by atoms with Crippen molar-refractivity contribution < 1.29 is 18.0 Å². The van der Waals surface area contributed by atoms with Gasteiger partial charge in [-0.25, -0.2) is 4.98 Å². The Bertz CT molecular complexity index is 711. The first-order valence-electron chi connectivity index (χ1n) is 7.22. The van der Waals surface area contributed by atoms with Gasteiger partial charge in [-0.3, -0.25) is 14.7 Å². The third-order valence-electron chi connectivity index (χ3n) is 3.73. The van der Waals surface area contributed by atoms with Gasteiger partial charge in [-0.1, -0.05) is 12.1 Å². The number of para-hydroxylation sites is 2. The summed E-state index contributed by atoms with van der Waals surface area (Å²) in [6, 6.07) is 7.20. The van der Waals surface area contributed by atoms with Crippen LogP contribution in [-0.4, -0.2) is 64.6 Å². The van der Waals surface area contributed by atoms with Crippen molar-refractivity contribution in [3.8, 4) is 0 Å². The lowest BCUT2D eigenvalue weighted by molar-refractivity contribution is -0.148. The predicted octanol–water partition coefficient (Wildman–Crippen LogP) is 1.95. The summed E-state index contributed by atoms with van der Waals surface area (Å²) in [5.74, 6) is -0.296. The number of benzene rings is 1. The number of hydrogen-bond donors (Lipinski definition) is 0. The third-order valence-corrected chi connectivity index (χ3v) is 3.73. The number of aromatic nitrogens is 2. The molecule has 1 aliphatic heterocycles. The SMILES string of the molecule is O=C(c1cnc2ccccc2n1)N1CCN(CC(F)(F)F)CC1. The van der Waals surface area contributed by atoms with Crippen LogP contribution in [0.5, 0.6) is 0 Å². The first-order chi connectivity index (χ1) is 10.9. The minimum Gasteiger partial charge on any atom is -0.335 e. The number of fused-ring (bicyclic) bond motifs is 1. The van der Waals surface area contributed by atoms with Crippen LogP contribution in [0.4, 0.5) is 13.2 Å². The van der Waals surface area contributed by atoms with E-state index in [0.29, 0.717) is 11.0 Å². The maximum Gasteiger partial charge on any atom is 0.401 e. The molecule has 0 N–H and O–H groups in total. The number of carbonyl (C=O) groups excluding carboxylic acids is 1. The van der Waals surface area contributed by atoms with E-state index in [9.17, 15) is 18.0 Å². The van der Waals surface area contributed by atoms with Gasteiger partial charge >= 0.3 is 6.18 Å². The quantitative estimate of drug-likeness (QED) is 0.847. The van der Waals surface area contributed by atoms with Gasteiger partial charge in [-0.2, -0.15) is 13.2 Å². The van der Waals surface area contributed by atoms with Gasteiger partial charge in [0.25, 0.3) is 5.91 Å². The molecule has 1 amide bonds. The Morgan fingerprint density at radius 3 is 2.39 bits per heavy atom. The summed E-state index contributed by atoms with van der Waals surface area (Å²) in [5.41, 5.74) is 1.53. The van der Waals surface area contributed by atoms with Gasteiger partial charge in [0.1, 0.15) is 5.69 Å². The number of amides is 1. The molecule has 2 aromatic rings. The van der Waals surface area contributed by atoms with E-state index < -0.39 is 12.7 Å². The van der Waals surface area contributed by atoms with E-state index in [4.69, 9.17) is 0 Å². The van der Waals surface area contributed by atoms with Crippen LogP contribution in [0.25, 0.3) is 11.0 Å². The lowest BCUT2D eigenvalue weighted by Crippen LogP contribution is -2.51. The number of halogens is 3. The Hall–Kier alpha value is -2.22. The summed E-state index contributed by atoms with van der Waals surface area (Å²) >= 11 is 0. The van der Waals surface area contributed by atoms with Crippen molar-refractivity contribution in [2.45, 2.75) is 6.18 Å². The number of carbonyl (C=O) groups is 1. The number of hydrogen-bond acceptors (Lipinski definition) is 4.